The van der Waals surface area contributed by atoms with Gasteiger partial charge < -0.3 is 10.1 Å². The molecule has 0 aromatic heterocycles. The lowest BCUT2D eigenvalue weighted by molar-refractivity contribution is 0.199. The average Bonchev–Trinajstić information content (AvgIpc) is 2.29. The van der Waals surface area contributed by atoms with Crippen molar-refractivity contribution in [3.8, 4) is 5.75 Å². The van der Waals surface area contributed by atoms with Gasteiger partial charge in [0, 0.05) is 32.2 Å². The second-order valence-corrected chi connectivity index (χ2v) is 4.97. The Morgan fingerprint density at radius 3 is 3.00 bits per heavy atom. The number of hydrogen-bond acceptors (Lipinski definition) is 3. The Labute approximate surface area is 108 Å². The van der Waals surface area contributed by atoms with E-state index >= 15 is 0 Å². The summed E-state index contributed by atoms with van der Waals surface area (Å²) in [4.78, 5) is 2.44. The molecule has 1 aliphatic heterocycles. The van der Waals surface area contributed by atoms with Crippen LogP contribution in [0.5, 0.6) is 5.75 Å². The molecule has 17 heavy (non-hydrogen) atoms. The molecule has 0 radical (unpaired) electrons. The first-order valence-electron chi connectivity index (χ1n) is 5.97. The summed E-state index contributed by atoms with van der Waals surface area (Å²) in [6, 6.07) is 6.57. The van der Waals surface area contributed by atoms with Crippen molar-refractivity contribution in [2.24, 2.45) is 0 Å². The Hall–Kier alpha value is -0.770. The third-order valence-corrected chi connectivity index (χ3v) is 3.37. The average molecular weight is 255 g/mol. The number of halogens is 1. The Kier molecular flexibility index (Phi) is 4.26. The van der Waals surface area contributed by atoms with Crippen LogP contribution in [0.2, 0.25) is 5.02 Å². The van der Waals surface area contributed by atoms with Crippen LogP contribution in [0, 0.1) is 0 Å². The van der Waals surface area contributed by atoms with Crippen molar-refractivity contribution in [2.75, 3.05) is 26.7 Å². The molecule has 1 heterocycles. The number of piperazine rings is 1. The third kappa shape index (κ3) is 3.35. The van der Waals surface area contributed by atoms with E-state index in [-0.39, 0.29) is 0 Å². The largest absolute Gasteiger partial charge is 0.495 e. The van der Waals surface area contributed by atoms with Crippen LogP contribution >= 0.6 is 11.6 Å². The van der Waals surface area contributed by atoms with Gasteiger partial charge in [-0.05, 0) is 24.6 Å². The van der Waals surface area contributed by atoms with Gasteiger partial charge in [0.1, 0.15) is 5.75 Å². The van der Waals surface area contributed by atoms with E-state index in [4.69, 9.17) is 16.3 Å². The van der Waals surface area contributed by atoms with Crippen molar-refractivity contribution in [3.05, 3.63) is 28.8 Å². The number of methoxy groups -OCH3 is 1. The molecule has 94 valence electrons. The topological polar surface area (TPSA) is 24.5 Å². The minimum atomic E-state index is 0.567. The maximum Gasteiger partial charge on any atom is 0.137 e. The molecule has 0 aliphatic carbocycles. The van der Waals surface area contributed by atoms with Crippen molar-refractivity contribution in [3.63, 3.8) is 0 Å². The van der Waals surface area contributed by atoms with Crippen molar-refractivity contribution in [1.29, 1.82) is 0 Å². The highest BCUT2D eigenvalue weighted by Gasteiger charge is 2.15. The van der Waals surface area contributed by atoms with E-state index in [2.05, 4.69) is 23.2 Å². The van der Waals surface area contributed by atoms with Gasteiger partial charge in [0.15, 0.2) is 0 Å². The van der Waals surface area contributed by atoms with Gasteiger partial charge in [0.05, 0.1) is 12.1 Å². The fraction of sp³-hybridized carbons (Fsp3) is 0.538. The van der Waals surface area contributed by atoms with E-state index in [1.807, 2.05) is 12.1 Å². The van der Waals surface area contributed by atoms with Crippen LogP contribution in [0.1, 0.15) is 12.5 Å². The monoisotopic (exact) mass is 254 g/mol. The molecule has 1 aromatic carbocycles. The van der Waals surface area contributed by atoms with Crippen LogP contribution in [-0.4, -0.2) is 37.7 Å². The minimum absolute atomic E-state index is 0.567. The van der Waals surface area contributed by atoms with Crippen LogP contribution in [0.4, 0.5) is 0 Å². The maximum absolute atomic E-state index is 6.12. The Bertz CT molecular complexity index is 384. The summed E-state index contributed by atoms with van der Waals surface area (Å²) in [6.07, 6.45) is 0. The van der Waals surface area contributed by atoms with Gasteiger partial charge in [0.25, 0.3) is 0 Å². The lowest BCUT2D eigenvalue weighted by Gasteiger charge is -2.31. The number of ether oxygens (including phenoxy) is 1. The van der Waals surface area contributed by atoms with E-state index < -0.39 is 0 Å². The normalized spacial score (nSPS) is 21.5. The summed E-state index contributed by atoms with van der Waals surface area (Å²) in [5.74, 6) is 0.740. The van der Waals surface area contributed by atoms with Crippen molar-refractivity contribution in [2.45, 2.75) is 19.5 Å². The lowest BCUT2D eigenvalue weighted by Crippen LogP contribution is -2.48. The number of nitrogens with one attached hydrogen (secondary N) is 1. The van der Waals surface area contributed by atoms with Crippen LogP contribution in [0.3, 0.4) is 0 Å². The fourth-order valence-electron chi connectivity index (χ4n) is 2.22. The molecule has 0 saturated carbocycles. The standard InChI is InChI=1S/C13H19ClN2O/c1-10-8-16(6-5-15-10)9-11-3-4-13(17-2)12(14)7-11/h3-4,7,10,15H,5-6,8-9H2,1-2H3/t10-/m0/s1. The summed E-state index contributed by atoms with van der Waals surface area (Å²) in [5.41, 5.74) is 1.24. The van der Waals surface area contributed by atoms with Gasteiger partial charge in [-0.15, -0.1) is 0 Å². The highest BCUT2D eigenvalue weighted by atomic mass is 35.5. The Morgan fingerprint density at radius 1 is 1.53 bits per heavy atom. The summed E-state index contributed by atoms with van der Waals surface area (Å²) < 4.78 is 5.15. The molecule has 1 atom stereocenters. The van der Waals surface area contributed by atoms with E-state index in [9.17, 15) is 0 Å². The third-order valence-electron chi connectivity index (χ3n) is 3.08. The first-order chi connectivity index (χ1) is 8.19. The highest BCUT2D eigenvalue weighted by Crippen LogP contribution is 2.25. The molecule has 3 nitrogen and oxygen atoms in total. The second kappa shape index (κ2) is 5.71. The van der Waals surface area contributed by atoms with Gasteiger partial charge in [0.2, 0.25) is 0 Å². The fourth-order valence-corrected chi connectivity index (χ4v) is 2.50. The summed E-state index contributed by atoms with van der Waals surface area (Å²) in [7, 11) is 1.64. The van der Waals surface area contributed by atoms with Crippen molar-refractivity contribution >= 4 is 11.6 Å². The lowest BCUT2D eigenvalue weighted by atomic mass is 10.1. The zero-order chi connectivity index (χ0) is 12.3. The predicted molar refractivity (Wildman–Crippen MR) is 70.7 cm³/mol. The molecule has 2 rings (SSSR count). The van der Waals surface area contributed by atoms with E-state index in [0.29, 0.717) is 11.1 Å². The van der Waals surface area contributed by atoms with Crippen LogP contribution in [-0.2, 0) is 6.54 Å². The smallest absolute Gasteiger partial charge is 0.137 e. The van der Waals surface area contributed by atoms with Crippen molar-refractivity contribution in [1.82, 2.24) is 10.2 Å². The molecular formula is C13H19ClN2O. The highest BCUT2D eigenvalue weighted by molar-refractivity contribution is 6.32. The van der Waals surface area contributed by atoms with Gasteiger partial charge in [-0.3, -0.25) is 4.90 Å². The SMILES string of the molecule is COc1ccc(CN2CCN[C@@H](C)C2)cc1Cl. The molecule has 0 bridgehead atoms. The first kappa shape index (κ1) is 12.7. The molecule has 0 amide bonds. The molecule has 1 aromatic rings. The Balaban J connectivity index is 2.00. The zero-order valence-corrected chi connectivity index (χ0v) is 11.1. The molecule has 0 spiro atoms. The quantitative estimate of drug-likeness (QED) is 0.895. The van der Waals surface area contributed by atoms with Gasteiger partial charge in [-0.1, -0.05) is 17.7 Å². The zero-order valence-electron chi connectivity index (χ0n) is 10.4. The van der Waals surface area contributed by atoms with Crippen LogP contribution in [0.25, 0.3) is 0 Å². The maximum atomic E-state index is 6.12. The van der Waals surface area contributed by atoms with E-state index in [1.165, 1.54) is 5.56 Å². The van der Waals surface area contributed by atoms with E-state index in [0.717, 1.165) is 31.9 Å². The number of rotatable bonds is 3. The molecule has 4 heteroatoms. The second-order valence-electron chi connectivity index (χ2n) is 4.56. The molecule has 1 saturated heterocycles. The Morgan fingerprint density at radius 2 is 2.35 bits per heavy atom. The number of hydrogen-bond donors (Lipinski definition) is 1. The van der Waals surface area contributed by atoms with Crippen LogP contribution in [0.15, 0.2) is 18.2 Å². The van der Waals surface area contributed by atoms with Gasteiger partial charge in [-0.2, -0.15) is 0 Å². The number of benzene rings is 1. The number of nitrogens with zero attached hydrogens (tertiary/aromatic N) is 1. The summed E-state index contributed by atoms with van der Waals surface area (Å²) >= 11 is 6.12. The van der Waals surface area contributed by atoms with E-state index in [1.54, 1.807) is 7.11 Å². The van der Waals surface area contributed by atoms with Crippen molar-refractivity contribution < 1.29 is 4.74 Å². The first-order valence-corrected chi connectivity index (χ1v) is 6.35. The summed E-state index contributed by atoms with van der Waals surface area (Å²) in [6.45, 7) is 6.41. The summed E-state index contributed by atoms with van der Waals surface area (Å²) in [5, 5.41) is 4.13. The molecule has 1 aliphatic rings. The van der Waals surface area contributed by atoms with Crippen LogP contribution < -0.4 is 10.1 Å². The van der Waals surface area contributed by atoms with Gasteiger partial charge >= 0.3 is 0 Å². The molecule has 1 N–H and O–H groups in total. The van der Waals surface area contributed by atoms with Gasteiger partial charge in [-0.25, -0.2) is 0 Å². The minimum Gasteiger partial charge on any atom is -0.495 e. The predicted octanol–water partition coefficient (Wildman–Crippen LogP) is 2.14. The molecule has 0 unspecified atom stereocenters. The molecular weight excluding hydrogens is 236 g/mol. The molecule has 1 fully saturated rings.